The molecule has 0 amide bonds. The van der Waals surface area contributed by atoms with E-state index in [4.69, 9.17) is 4.98 Å². The predicted molar refractivity (Wildman–Crippen MR) is 121 cm³/mol. The highest BCUT2D eigenvalue weighted by Gasteiger charge is 2.20. The molecule has 0 spiro atoms. The zero-order valence-corrected chi connectivity index (χ0v) is 17.1. The number of piperidine rings is 1. The highest BCUT2D eigenvalue weighted by Crippen LogP contribution is 2.29. The lowest BCUT2D eigenvalue weighted by Crippen LogP contribution is -2.33. The first kappa shape index (κ1) is 18.5. The number of anilines is 1. The Morgan fingerprint density at radius 2 is 1.87 bits per heavy atom. The Morgan fingerprint density at radius 3 is 2.67 bits per heavy atom. The largest absolute Gasteiger partial charge is 0.356 e. The highest BCUT2D eigenvalue weighted by atomic mass is 32.1. The molecule has 0 aliphatic carbocycles. The molecule has 1 aromatic carbocycles. The van der Waals surface area contributed by atoms with Gasteiger partial charge in [-0.1, -0.05) is 18.2 Å². The van der Waals surface area contributed by atoms with Crippen molar-refractivity contribution in [1.29, 1.82) is 5.26 Å². The molecule has 0 radical (unpaired) electrons. The molecule has 1 aliphatic heterocycles. The zero-order valence-electron chi connectivity index (χ0n) is 16.3. The van der Waals surface area contributed by atoms with Crippen LogP contribution in [0.5, 0.6) is 0 Å². The number of nitrogens with zero attached hydrogens (tertiary/aromatic N) is 5. The number of thiazole rings is 1. The molecule has 6 nitrogen and oxygen atoms in total. The third kappa shape index (κ3) is 3.25. The van der Waals surface area contributed by atoms with Crippen LogP contribution < -0.4 is 10.5 Å². The van der Waals surface area contributed by atoms with Gasteiger partial charge < -0.3 is 4.90 Å². The number of benzene rings is 1. The summed E-state index contributed by atoms with van der Waals surface area (Å²) in [5.74, 6) is 0.653. The Kier molecular flexibility index (Phi) is 4.77. The minimum Gasteiger partial charge on any atom is -0.356 e. The number of para-hydroxylation sites is 1. The van der Waals surface area contributed by atoms with Gasteiger partial charge in [-0.3, -0.25) is 9.20 Å². The molecule has 4 heterocycles. The Hall–Kier alpha value is -3.50. The second-order valence-electron chi connectivity index (χ2n) is 7.29. The lowest BCUT2D eigenvalue weighted by atomic mass is 10.1. The van der Waals surface area contributed by atoms with E-state index in [-0.39, 0.29) is 5.56 Å². The van der Waals surface area contributed by atoms with Gasteiger partial charge in [-0.05, 0) is 49.6 Å². The molecule has 0 atom stereocenters. The first-order chi connectivity index (χ1) is 14.7. The van der Waals surface area contributed by atoms with Gasteiger partial charge in [-0.25, -0.2) is 9.97 Å². The van der Waals surface area contributed by atoms with Crippen LogP contribution in [-0.2, 0) is 0 Å². The van der Waals surface area contributed by atoms with Crippen LogP contribution in [0.25, 0.3) is 27.5 Å². The molecule has 1 saturated heterocycles. The lowest BCUT2D eigenvalue weighted by Gasteiger charge is -2.29. The van der Waals surface area contributed by atoms with Crippen molar-refractivity contribution in [3.05, 3.63) is 69.6 Å². The Morgan fingerprint density at radius 1 is 1.07 bits per heavy atom. The average Bonchev–Trinajstić information content (AvgIpc) is 3.23. The number of allylic oxidation sites excluding steroid dienone is 1. The van der Waals surface area contributed by atoms with Crippen molar-refractivity contribution in [1.82, 2.24) is 14.4 Å². The number of fused-ring (bicyclic) bond motifs is 2. The van der Waals surface area contributed by atoms with Crippen LogP contribution in [0, 0.1) is 11.3 Å². The number of nitriles is 1. The predicted octanol–water partition coefficient (Wildman–Crippen LogP) is 4.36. The van der Waals surface area contributed by atoms with Gasteiger partial charge in [0.15, 0.2) is 0 Å². The standard InChI is InChI=1S/C23H19N5OS/c24-15-16(22-25-18-8-2-3-9-19(18)30-22)14-17-21(27-11-5-1-6-12-27)26-20-10-4-7-13-28(20)23(17)29/h2-4,7-10,13-14H,1,5-6,11-12H2. The van der Waals surface area contributed by atoms with Gasteiger partial charge in [0.05, 0.1) is 21.4 Å². The van der Waals surface area contributed by atoms with Crippen molar-refractivity contribution in [3.8, 4) is 6.07 Å². The fourth-order valence-electron chi connectivity index (χ4n) is 3.84. The molecule has 7 heteroatoms. The highest BCUT2D eigenvalue weighted by molar-refractivity contribution is 7.19. The van der Waals surface area contributed by atoms with E-state index in [1.807, 2.05) is 42.5 Å². The summed E-state index contributed by atoms with van der Waals surface area (Å²) < 4.78 is 2.55. The minimum absolute atomic E-state index is 0.171. The summed E-state index contributed by atoms with van der Waals surface area (Å²) in [6.45, 7) is 1.72. The molecular formula is C23H19N5OS. The third-order valence-electron chi connectivity index (χ3n) is 5.34. The van der Waals surface area contributed by atoms with Crippen molar-refractivity contribution in [2.24, 2.45) is 0 Å². The van der Waals surface area contributed by atoms with Crippen LogP contribution in [0.2, 0.25) is 0 Å². The van der Waals surface area contributed by atoms with E-state index in [1.54, 1.807) is 12.3 Å². The van der Waals surface area contributed by atoms with Gasteiger partial charge in [-0.2, -0.15) is 5.26 Å². The number of hydrogen-bond donors (Lipinski definition) is 0. The smallest absolute Gasteiger partial charge is 0.267 e. The molecule has 0 N–H and O–H groups in total. The Bertz CT molecular complexity index is 1340. The second-order valence-corrected chi connectivity index (χ2v) is 8.32. The summed E-state index contributed by atoms with van der Waals surface area (Å²) in [4.78, 5) is 24.9. The molecule has 0 unspecified atom stereocenters. The molecule has 5 rings (SSSR count). The number of hydrogen-bond acceptors (Lipinski definition) is 6. The summed E-state index contributed by atoms with van der Waals surface area (Å²) in [5, 5.41) is 10.5. The maximum atomic E-state index is 13.4. The van der Waals surface area contributed by atoms with Crippen LogP contribution in [0.4, 0.5) is 5.82 Å². The first-order valence-corrected chi connectivity index (χ1v) is 10.8. The molecule has 0 saturated carbocycles. The van der Waals surface area contributed by atoms with Crippen molar-refractivity contribution in [3.63, 3.8) is 0 Å². The summed E-state index contributed by atoms with van der Waals surface area (Å²) in [6.07, 6.45) is 6.70. The second kappa shape index (κ2) is 7.73. The topological polar surface area (TPSA) is 74.3 Å². The van der Waals surface area contributed by atoms with Crippen LogP contribution in [0.15, 0.2) is 53.5 Å². The van der Waals surface area contributed by atoms with E-state index in [0.29, 0.717) is 27.6 Å². The molecule has 1 aliphatic rings. The van der Waals surface area contributed by atoms with Crippen molar-refractivity contribution < 1.29 is 0 Å². The summed E-state index contributed by atoms with van der Waals surface area (Å²) >= 11 is 1.46. The maximum Gasteiger partial charge on any atom is 0.267 e. The summed E-state index contributed by atoms with van der Waals surface area (Å²) in [6, 6.07) is 15.6. The van der Waals surface area contributed by atoms with Crippen molar-refractivity contribution in [2.75, 3.05) is 18.0 Å². The van der Waals surface area contributed by atoms with E-state index in [2.05, 4.69) is 16.0 Å². The van der Waals surface area contributed by atoms with Gasteiger partial charge in [0.1, 0.15) is 22.5 Å². The number of pyridine rings is 1. The fourth-order valence-corrected chi connectivity index (χ4v) is 4.77. The zero-order chi connectivity index (χ0) is 20.5. The van der Waals surface area contributed by atoms with Crippen molar-refractivity contribution >= 4 is 44.7 Å². The number of rotatable bonds is 3. The van der Waals surface area contributed by atoms with Gasteiger partial charge >= 0.3 is 0 Å². The molecule has 1 fully saturated rings. The SMILES string of the molecule is N#CC(=Cc1c(N2CCCCC2)nc2ccccn2c1=O)c1nc2ccccc2s1. The van der Waals surface area contributed by atoms with E-state index < -0.39 is 0 Å². The first-order valence-electron chi connectivity index (χ1n) is 9.99. The van der Waals surface area contributed by atoms with Crippen LogP contribution in [0.3, 0.4) is 0 Å². The Labute approximate surface area is 177 Å². The van der Waals surface area contributed by atoms with E-state index in [9.17, 15) is 10.1 Å². The van der Waals surface area contributed by atoms with Gasteiger partial charge in [0.25, 0.3) is 5.56 Å². The Balaban J connectivity index is 1.72. The lowest BCUT2D eigenvalue weighted by molar-refractivity contribution is 0.573. The summed E-state index contributed by atoms with van der Waals surface area (Å²) in [7, 11) is 0. The van der Waals surface area contributed by atoms with Gasteiger partial charge in [-0.15, -0.1) is 11.3 Å². The molecule has 4 aromatic rings. The van der Waals surface area contributed by atoms with Crippen molar-refractivity contribution in [2.45, 2.75) is 19.3 Å². The fraction of sp³-hybridized carbons (Fsp3) is 0.217. The van der Waals surface area contributed by atoms with Crippen LogP contribution in [-0.4, -0.2) is 27.5 Å². The normalized spacial score (nSPS) is 14.9. The van der Waals surface area contributed by atoms with Crippen LogP contribution >= 0.6 is 11.3 Å². The van der Waals surface area contributed by atoms with Crippen LogP contribution in [0.1, 0.15) is 29.8 Å². The van der Waals surface area contributed by atoms with E-state index in [1.165, 1.54) is 22.2 Å². The van der Waals surface area contributed by atoms with E-state index >= 15 is 0 Å². The number of aromatic nitrogens is 3. The maximum absolute atomic E-state index is 13.4. The van der Waals surface area contributed by atoms with E-state index in [0.717, 1.165) is 36.1 Å². The van der Waals surface area contributed by atoms with Gasteiger partial charge in [0, 0.05) is 19.3 Å². The molecular weight excluding hydrogens is 394 g/mol. The summed E-state index contributed by atoms with van der Waals surface area (Å²) in [5.41, 5.74) is 2.11. The third-order valence-corrected chi connectivity index (χ3v) is 6.41. The average molecular weight is 414 g/mol. The molecule has 3 aromatic heterocycles. The monoisotopic (exact) mass is 413 g/mol. The van der Waals surface area contributed by atoms with Gasteiger partial charge in [0.2, 0.25) is 0 Å². The molecule has 0 bridgehead atoms. The minimum atomic E-state index is -0.171. The molecule has 148 valence electrons. The molecule has 30 heavy (non-hydrogen) atoms. The quantitative estimate of drug-likeness (QED) is 0.467.